The molecular weight excluding hydrogens is 444 g/mol. The van der Waals surface area contributed by atoms with Crippen molar-refractivity contribution in [3.8, 4) is 0 Å². The Morgan fingerprint density at radius 2 is 1.42 bits per heavy atom. The van der Waals surface area contributed by atoms with Gasteiger partial charge in [0.15, 0.2) is 0 Å². The zero-order valence-corrected chi connectivity index (χ0v) is 22.2. The van der Waals surface area contributed by atoms with Crippen LogP contribution in [0.1, 0.15) is 55.0 Å². The van der Waals surface area contributed by atoms with E-state index in [0.29, 0.717) is 38.3 Å². The van der Waals surface area contributed by atoms with Crippen molar-refractivity contribution in [1.29, 1.82) is 0 Å². The van der Waals surface area contributed by atoms with Crippen LogP contribution in [0.25, 0.3) is 0 Å². The van der Waals surface area contributed by atoms with Crippen molar-refractivity contribution in [1.82, 2.24) is 10.2 Å². The number of hydrogen-bond donors (Lipinski definition) is 1. The summed E-state index contributed by atoms with van der Waals surface area (Å²) in [6.45, 7) is 9.32. The number of carbonyl (C=O) groups excluding carboxylic acids is 2. The van der Waals surface area contributed by atoms with E-state index >= 15 is 0 Å². The van der Waals surface area contributed by atoms with E-state index in [9.17, 15) is 9.59 Å². The lowest BCUT2D eigenvalue weighted by atomic mass is 10.0. The molecule has 0 unspecified atom stereocenters. The summed E-state index contributed by atoms with van der Waals surface area (Å²) in [4.78, 5) is 29.0. The van der Waals surface area contributed by atoms with Crippen LogP contribution in [0.4, 0.5) is 0 Å². The molecule has 0 heterocycles. The second-order valence-corrected chi connectivity index (χ2v) is 10.0. The van der Waals surface area contributed by atoms with Crippen molar-refractivity contribution in [3.63, 3.8) is 0 Å². The normalized spacial score (nSPS) is 11.8. The van der Waals surface area contributed by atoms with Gasteiger partial charge >= 0.3 is 0 Å². The Morgan fingerprint density at radius 3 is 2.03 bits per heavy atom. The molecule has 4 heteroatoms. The van der Waals surface area contributed by atoms with Crippen molar-refractivity contribution in [2.75, 3.05) is 6.54 Å². The van der Waals surface area contributed by atoms with E-state index in [-0.39, 0.29) is 11.8 Å². The van der Waals surface area contributed by atoms with Crippen molar-refractivity contribution in [3.05, 3.63) is 107 Å². The Labute approximate surface area is 216 Å². The third-order valence-electron chi connectivity index (χ3n) is 6.49. The first kappa shape index (κ1) is 27.2. The maximum atomic E-state index is 13.7. The molecule has 1 atom stereocenters. The number of carbonyl (C=O) groups is 2. The smallest absolute Gasteiger partial charge is 0.243 e. The van der Waals surface area contributed by atoms with Crippen LogP contribution < -0.4 is 5.32 Å². The Bertz CT molecular complexity index is 1090. The zero-order valence-electron chi connectivity index (χ0n) is 22.2. The SMILES string of the molecule is CCc1ccc(CCC(=O)N(Cc2ccc(C)cc2)[C@H](Cc2ccccc2)C(=O)NCC(C)C)cc1. The third kappa shape index (κ3) is 8.37. The maximum absolute atomic E-state index is 13.7. The Morgan fingerprint density at radius 1 is 0.806 bits per heavy atom. The summed E-state index contributed by atoms with van der Waals surface area (Å²) in [6, 6.07) is 26.0. The zero-order chi connectivity index (χ0) is 25.9. The minimum absolute atomic E-state index is 0.00392. The molecule has 3 aromatic rings. The largest absolute Gasteiger partial charge is 0.354 e. The van der Waals surface area contributed by atoms with E-state index in [2.05, 4.69) is 62.5 Å². The first-order valence-electron chi connectivity index (χ1n) is 13.1. The van der Waals surface area contributed by atoms with Crippen molar-refractivity contribution in [2.45, 2.75) is 66.0 Å². The molecular formula is C32H40N2O2. The lowest BCUT2D eigenvalue weighted by Gasteiger charge is -2.32. The lowest BCUT2D eigenvalue weighted by Crippen LogP contribution is -2.51. The highest BCUT2D eigenvalue weighted by atomic mass is 16.2. The van der Waals surface area contributed by atoms with Gasteiger partial charge in [-0.3, -0.25) is 9.59 Å². The van der Waals surface area contributed by atoms with Gasteiger partial charge < -0.3 is 10.2 Å². The predicted octanol–water partition coefficient (Wildman–Crippen LogP) is 5.90. The van der Waals surface area contributed by atoms with Crippen LogP contribution in [0.2, 0.25) is 0 Å². The van der Waals surface area contributed by atoms with Crippen LogP contribution in [0.3, 0.4) is 0 Å². The van der Waals surface area contributed by atoms with Gasteiger partial charge in [-0.25, -0.2) is 0 Å². The van der Waals surface area contributed by atoms with E-state index in [4.69, 9.17) is 0 Å². The number of amides is 2. The molecule has 0 fully saturated rings. The second-order valence-electron chi connectivity index (χ2n) is 10.0. The fraction of sp³-hybridized carbons (Fsp3) is 0.375. The summed E-state index contributed by atoms with van der Waals surface area (Å²) >= 11 is 0. The minimum atomic E-state index is -0.581. The van der Waals surface area contributed by atoms with Crippen molar-refractivity contribution >= 4 is 11.8 Å². The molecule has 0 aliphatic heterocycles. The fourth-order valence-corrected chi connectivity index (χ4v) is 4.20. The first-order chi connectivity index (χ1) is 17.4. The van der Waals surface area contributed by atoms with E-state index < -0.39 is 6.04 Å². The molecule has 2 amide bonds. The summed E-state index contributed by atoms with van der Waals surface area (Å²) in [5.41, 5.74) is 5.66. The minimum Gasteiger partial charge on any atom is -0.354 e. The molecule has 0 aliphatic rings. The average molecular weight is 485 g/mol. The Kier molecular flexibility index (Phi) is 10.3. The molecule has 4 nitrogen and oxygen atoms in total. The van der Waals surface area contributed by atoms with Gasteiger partial charge in [-0.15, -0.1) is 0 Å². The van der Waals surface area contributed by atoms with Crippen LogP contribution in [-0.2, 0) is 35.4 Å². The summed E-state index contributed by atoms with van der Waals surface area (Å²) < 4.78 is 0. The Hall–Kier alpha value is -3.40. The molecule has 3 aromatic carbocycles. The number of nitrogens with one attached hydrogen (secondary N) is 1. The van der Waals surface area contributed by atoms with Gasteiger partial charge in [-0.1, -0.05) is 105 Å². The molecule has 3 rings (SSSR count). The molecule has 1 N–H and O–H groups in total. The van der Waals surface area contributed by atoms with Gasteiger partial charge in [-0.05, 0) is 47.9 Å². The molecule has 0 aromatic heterocycles. The average Bonchev–Trinajstić information content (AvgIpc) is 2.89. The van der Waals surface area contributed by atoms with Gasteiger partial charge in [0.05, 0.1) is 0 Å². The highest BCUT2D eigenvalue weighted by Gasteiger charge is 2.30. The van der Waals surface area contributed by atoms with Gasteiger partial charge in [0.25, 0.3) is 0 Å². The predicted molar refractivity (Wildman–Crippen MR) is 148 cm³/mol. The number of hydrogen-bond acceptors (Lipinski definition) is 2. The number of aryl methyl sites for hydroxylation is 3. The Balaban J connectivity index is 1.87. The first-order valence-corrected chi connectivity index (χ1v) is 13.1. The van der Waals surface area contributed by atoms with Gasteiger partial charge in [0.2, 0.25) is 11.8 Å². The van der Waals surface area contributed by atoms with E-state index in [1.54, 1.807) is 4.90 Å². The molecule has 0 aliphatic carbocycles. The molecule has 36 heavy (non-hydrogen) atoms. The molecule has 0 saturated carbocycles. The number of rotatable bonds is 12. The van der Waals surface area contributed by atoms with Crippen molar-refractivity contribution in [2.24, 2.45) is 5.92 Å². The molecule has 190 valence electrons. The lowest BCUT2D eigenvalue weighted by molar-refractivity contribution is -0.141. The topological polar surface area (TPSA) is 49.4 Å². The standard InChI is InChI=1S/C32H40N2O2/c1-5-26-15-17-27(18-16-26)19-20-31(35)34(23-29-13-11-25(4)12-14-29)30(32(36)33-22-24(2)3)21-28-9-7-6-8-10-28/h6-18,24,30H,5,19-23H2,1-4H3,(H,33,36)/t30-/m1/s1. The van der Waals surface area contributed by atoms with Gasteiger partial charge in [-0.2, -0.15) is 0 Å². The van der Waals surface area contributed by atoms with Gasteiger partial charge in [0.1, 0.15) is 6.04 Å². The second kappa shape index (κ2) is 13.6. The van der Waals surface area contributed by atoms with E-state index in [1.807, 2.05) is 49.4 Å². The summed E-state index contributed by atoms with van der Waals surface area (Å²) in [6.07, 6.45) is 2.49. The van der Waals surface area contributed by atoms with E-state index in [0.717, 1.165) is 23.1 Å². The van der Waals surface area contributed by atoms with Crippen LogP contribution in [-0.4, -0.2) is 29.3 Å². The van der Waals surface area contributed by atoms with E-state index in [1.165, 1.54) is 11.1 Å². The fourth-order valence-electron chi connectivity index (χ4n) is 4.20. The highest BCUT2D eigenvalue weighted by molar-refractivity contribution is 5.88. The van der Waals surface area contributed by atoms with Crippen LogP contribution >= 0.6 is 0 Å². The van der Waals surface area contributed by atoms with Crippen molar-refractivity contribution < 1.29 is 9.59 Å². The summed E-state index contributed by atoms with van der Waals surface area (Å²) in [5, 5.41) is 3.09. The third-order valence-corrected chi connectivity index (χ3v) is 6.49. The molecule has 0 radical (unpaired) electrons. The number of benzene rings is 3. The van der Waals surface area contributed by atoms with Gasteiger partial charge in [0, 0.05) is 25.9 Å². The molecule has 0 spiro atoms. The molecule has 0 saturated heterocycles. The number of nitrogens with zero attached hydrogens (tertiary/aromatic N) is 1. The summed E-state index contributed by atoms with van der Waals surface area (Å²) in [7, 11) is 0. The summed E-state index contributed by atoms with van der Waals surface area (Å²) in [5.74, 6) is 0.231. The molecule has 0 bridgehead atoms. The highest BCUT2D eigenvalue weighted by Crippen LogP contribution is 2.18. The quantitative estimate of drug-likeness (QED) is 0.348. The van der Waals surface area contributed by atoms with Crippen LogP contribution in [0.5, 0.6) is 0 Å². The monoisotopic (exact) mass is 484 g/mol. The van der Waals surface area contributed by atoms with Crippen LogP contribution in [0.15, 0.2) is 78.9 Å². The maximum Gasteiger partial charge on any atom is 0.243 e. The van der Waals surface area contributed by atoms with Crippen LogP contribution in [0, 0.1) is 12.8 Å².